The van der Waals surface area contributed by atoms with Crippen LogP contribution >= 0.6 is 11.6 Å². The number of carbonyl (C=O) groups is 2. The van der Waals surface area contributed by atoms with Crippen molar-refractivity contribution < 1.29 is 36.4 Å². The van der Waals surface area contributed by atoms with Crippen LogP contribution in [0.15, 0.2) is 45.7 Å². The first-order valence-electron chi connectivity index (χ1n) is 10.5. The molecule has 1 saturated heterocycles. The van der Waals surface area contributed by atoms with E-state index < -0.39 is 58.9 Å². The van der Waals surface area contributed by atoms with E-state index >= 15 is 0 Å². The van der Waals surface area contributed by atoms with Gasteiger partial charge in [0.25, 0.3) is 10.1 Å². The van der Waals surface area contributed by atoms with Crippen LogP contribution in [0.5, 0.6) is 0 Å². The first-order valence-corrected chi connectivity index (χ1v) is 12.4. The summed E-state index contributed by atoms with van der Waals surface area (Å²) >= 11 is 5.63. The van der Waals surface area contributed by atoms with Gasteiger partial charge in [-0.25, -0.2) is 4.79 Å². The Labute approximate surface area is 211 Å². The van der Waals surface area contributed by atoms with Crippen LogP contribution in [0.2, 0.25) is 0 Å². The van der Waals surface area contributed by atoms with Gasteiger partial charge in [0.05, 0.1) is 4.90 Å². The number of ether oxygens (including phenoxy) is 3. The molecule has 12 nitrogen and oxygen atoms in total. The summed E-state index contributed by atoms with van der Waals surface area (Å²) in [5.74, 6) is -1.60. The van der Waals surface area contributed by atoms with Crippen LogP contribution in [0.1, 0.15) is 31.2 Å². The molecule has 36 heavy (non-hydrogen) atoms. The molecule has 2 aromatic rings. The highest BCUT2D eigenvalue weighted by Gasteiger charge is 2.51. The van der Waals surface area contributed by atoms with E-state index in [2.05, 4.69) is 4.98 Å². The Morgan fingerprint density at radius 2 is 1.86 bits per heavy atom. The van der Waals surface area contributed by atoms with Gasteiger partial charge in [-0.05, 0) is 25.1 Å². The summed E-state index contributed by atoms with van der Waals surface area (Å²) in [5, 5.41) is 0. The van der Waals surface area contributed by atoms with Crippen LogP contribution in [0.4, 0.5) is 5.82 Å². The summed E-state index contributed by atoms with van der Waals surface area (Å²) < 4.78 is 48.8. The Bertz CT molecular complexity index is 1330. The van der Waals surface area contributed by atoms with Crippen LogP contribution in [-0.2, 0) is 38.1 Å². The van der Waals surface area contributed by atoms with Gasteiger partial charge in [-0.2, -0.15) is 13.4 Å². The number of halogens is 1. The quantitative estimate of drug-likeness (QED) is 0.380. The third-order valence-electron chi connectivity index (χ3n) is 5.11. The van der Waals surface area contributed by atoms with E-state index in [-0.39, 0.29) is 16.3 Å². The van der Waals surface area contributed by atoms with Crippen molar-refractivity contribution in [2.45, 2.75) is 50.2 Å². The first-order chi connectivity index (χ1) is 16.9. The number of nitrogens with zero attached hydrogens (tertiary/aromatic N) is 2. The van der Waals surface area contributed by atoms with Crippen molar-refractivity contribution in [1.29, 1.82) is 0 Å². The monoisotopic (exact) mass is 541 g/mol. The lowest BCUT2D eigenvalue weighted by Gasteiger charge is -2.24. The standard InChI is InChI=1S/C22H24ClN3O9S/c1-12-4-6-16(7-5-12)36(30,31)35-18-17(11-32-13(2)27)34-21(19(18)33-14(3)28)26-10-15(8-9-23)20(24)25-22(26)29/h4-10,17-19,21H,11H2,1-3H3,(H2,24,25,29)/t17-,18+,19-,21-/m1/s1. The number of rotatable bonds is 8. The van der Waals surface area contributed by atoms with Crippen molar-refractivity contribution in [3.63, 3.8) is 0 Å². The lowest BCUT2D eigenvalue weighted by atomic mass is 10.1. The molecule has 194 valence electrons. The molecule has 2 N–H and O–H groups in total. The zero-order valence-corrected chi connectivity index (χ0v) is 21.1. The summed E-state index contributed by atoms with van der Waals surface area (Å²) in [6.45, 7) is 3.57. The molecule has 4 atom stereocenters. The molecular formula is C22H24ClN3O9S. The summed E-state index contributed by atoms with van der Waals surface area (Å²) in [5.41, 5.74) is 7.08. The minimum Gasteiger partial charge on any atom is -0.463 e. The SMILES string of the molecule is CC(=O)OC[C@H]1O[C@@H](n2cc(C=CCl)c(N)nc2=O)[C@H](OC(C)=O)[C@H]1OS(=O)(=O)c1ccc(C)cc1. The fraction of sp³-hybridized carbons (Fsp3) is 0.364. The maximum absolute atomic E-state index is 13.1. The fourth-order valence-corrected chi connectivity index (χ4v) is 4.72. The van der Waals surface area contributed by atoms with E-state index in [9.17, 15) is 22.8 Å². The summed E-state index contributed by atoms with van der Waals surface area (Å²) in [7, 11) is -4.40. The van der Waals surface area contributed by atoms with Crippen molar-refractivity contribution in [3.8, 4) is 0 Å². The molecule has 0 amide bonds. The zero-order valence-electron chi connectivity index (χ0n) is 19.5. The molecule has 0 spiro atoms. The van der Waals surface area contributed by atoms with Gasteiger partial charge in [0.15, 0.2) is 12.3 Å². The number of hydrogen-bond acceptors (Lipinski definition) is 11. The summed E-state index contributed by atoms with van der Waals surface area (Å²) in [6, 6.07) is 5.85. The lowest BCUT2D eigenvalue weighted by molar-refractivity contribution is -0.155. The van der Waals surface area contributed by atoms with E-state index in [0.29, 0.717) is 0 Å². The first kappa shape index (κ1) is 27.3. The molecule has 0 saturated carbocycles. The second kappa shape index (κ2) is 11.2. The highest BCUT2D eigenvalue weighted by molar-refractivity contribution is 7.86. The van der Waals surface area contributed by atoms with Gasteiger partial charge in [-0.15, -0.1) is 0 Å². The average Bonchev–Trinajstić information content (AvgIpc) is 3.10. The molecule has 1 aromatic carbocycles. The molecule has 2 heterocycles. The highest BCUT2D eigenvalue weighted by Crippen LogP contribution is 2.35. The Kier molecular flexibility index (Phi) is 8.51. The Morgan fingerprint density at radius 3 is 2.44 bits per heavy atom. The second-order valence-electron chi connectivity index (χ2n) is 7.83. The van der Waals surface area contributed by atoms with E-state index in [1.807, 2.05) is 0 Å². The molecule has 1 aliphatic heterocycles. The van der Waals surface area contributed by atoms with Crippen molar-refractivity contribution >= 4 is 45.6 Å². The van der Waals surface area contributed by atoms with Crippen LogP contribution in [0.3, 0.4) is 0 Å². The van der Waals surface area contributed by atoms with Crippen molar-refractivity contribution in [1.82, 2.24) is 9.55 Å². The largest absolute Gasteiger partial charge is 0.463 e. The smallest absolute Gasteiger partial charge is 0.351 e. The van der Waals surface area contributed by atoms with Gasteiger partial charge in [0, 0.05) is 31.1 Å². The molecule has 1 aromatic heterocycles. The molecule has 1 aliphatic rings. The molecule has 0 radical (unpaired) electrons. The molecule has 1 fully saturated rings. The number of benzene rings is 1. The molecule has 3 rings (SSSR count). The summed E-state index contributed by atoms with van der Waals surface area (Å²) in [4.78, 5) is 39.6. The third-order valence-corrected chi connectivity index (χ3v) is 6.56. The second-order valence-corrected chi connectivity index (χ2v) is 9.66. The lowest BCUT2D eigenvalue weighted by Crippen LogP contribution is -2.42. The van der Waals surface area contributed by atoms with Gasteiger partial charge in [0.2, 0.25) is 0 Å². The molecule has 0 aliphatic carbocycles. The maximum atomic E-state index is 13.1. The number of anilines is 1. The van der Waals surface area contributed by atoms with E-state index in [1.165, 1.54) is 24.4 Å². The number of hydrogen-bond donors (Lipinski definition) is 1. The Morgan fingerprint density at radius 1 is 1.19 bits per heavy atom. The van der Waals surface area contributed by atoms with Gasteiger partial charge in [0.1, 0.15) is 24.6 Å². The molecule has 0 bridgehead atoms. The van der Waals surface area contributed by atoms with Gasteiger partial charge in [-0.1, -0.05) is 29.3 Å². The predicted octanol–water partition coefficient (Wildman–Crippen LogP) is 1.51. The Hall–Kier alpha value is -3.26. The van der Waals surface area contributed by atoms with E-state index in [1.54, 1.807) is 19.1 Å². The van der Waals surface area contributed by atoms with Crippen LogP contribution in [0, 0.1) is 6.92 Å². The maximum Gasteiger partial charge on any atom is 0.351 e. The van der Waals surface area contributed by atoms with Gasteiger partial charge < -0.3 is 19.9 Å². The number of aromatic nitrogens is 2. The predicted molar refractivity (Wildman–Crippen MR) is 127 cm³/mol. The number of esters is 2. The van der Waals surface area contributed by atoms with Crippen molar-refractivity contribution in [2.75, 3.05) is 12.3 Å². The number of nitrogens with two attached hydrogens (primary N) is 1. The summed E-state index contributed by atoms with van der Waals surface area (Å²) in [6.07, 6.45) is -3.00. The van der Waals surface area contributed by atoms with Crippen LogP contribution in [0.25, 0.3) is 6.08 Å². The zero-order chi connectivity index (χ0) is 26.6. The van der Waals surface area contributed by atoms with Gasteiger partial charge >= 0.3 is 17.6 Å². The van der Waals surface area contributed by atoms with E-state index in [0.717, 1.165) is 29.5 Å². The van der Waals surface area contributed by atoms with Crippen LogP contribution in [-0.4, -0.2) is 54.8 Å². The normalized spacial score (nSPS) is 22.0. The fourth-order valence-electron chi connectivity index (χ4n) is 3.48. The molecule has 0 unspecified atom stereocenters. The number of carbonyl (C=O) groups excluding carboxylic acids is 2. The minimum atomic E-state index is -4.40. The topological polar surface area (TPSA) is 166 Å². The van der Waals surface area contributed by atoms with Crippen LogP contribution < -0.4 is 11.4 Å². The van der Waals surface area contributed by atoms with Gasteiger partial charge in [-0.3, -0.25) is 18.3 Å². The third kappa shape index (κ3) is 6.29. The number of aryl methyl sites for hydroxylation is 1. The minimum absolute atomic E-state index is 0.124. The average molecular weight is 542 g/mol. The highest BCUT2D eigenvalue weighted by atomic mass is 35.5. The van der Waals surface area contributed by atoms with Crippen molar-refractivity contribution in [2.24, 2.45) is 0 Å². The molecular weight excluding hydrogens is 518 g/mol. The van der Waals surface area contributed by atoms with E-state index in [4.69, 9.17) is 35.7 Å². The molecule has 14 heteroatoms. The Balaban J connectivity index is 2.08. The van der Waals surface area contributed by atoms with Crippen molar-refractivity contribution in [3.05, 3.63) is 57.6 Å². The number of nitrogen functional groups attached to an aromatic ring is 1.